The molecule has 0 atom stereocenters. The number of hydrogen-bond donors (Lipinski definition) is 0. The van der Waals surface area contributed by atoms with Gasteiger partial charge in [-0.3, -0.25) is 20.2 Å². The number of non-ortho nitro benzene ring substituents is 1. The highest BCUT2D eigenvalue weighted by atomic mass is 35.5. The molecule has 130 valence electrons. The first-order chi connectivity index (χ1) is 12.0. The van der Waals surface area contributed by atoms with Gasteiger partial charge in [-0.1, -0.05) is 11.6 Å². The number of halogens is 1. The maximum atomic E-state index is 11.3. The molecule has 10 heteroatoms. The molecule has 1 saturated heterocycles. The smallest absolute Gasteiger partial charge is 0.299 e. The molecule has 1 aromatic carbocycles. The first-order valence-electron chi connectivity index (χ1n) is 7.50. The number of anilines is 2. The van der Waals surface area contributed by atoms with Crippen LogP contribution in [0.1, 0.15) is 0 Å². The number of pyridine rings is 1. The maximum Gasteiger partial charge on any atom is 0.299 e. The van der Waals surface area contributed by atoms with E-state index < -0.39 is 9.85 Å². The minimum absolute atomic E-state index is 0.265. The molecular formula is C15H14ClN5O4. The van der Waals surface area contributed by atoms with Crippen LogP contribution in [0.2, 0.25) is 5.02 Å². The van der Waals surface area contributed by atoms with E-state index in [9.17, 15) is 20.2 Å². The second-order valence-corrected chi connectivity index (χ2v) is 5.88. The van der Waals surface area contributed by atoms with Gasteiger partial charge in [0, 0.05) is 38.4 Å². The lowest BCUT2D eigenvalue weighted by atomic mass is 10.2. The summed E-state index contributed by atoms with van der Waals surface area (Å²) in [6, 6.07) is 7.22. The number of nitrogens with zero attached hydrogens (tertiary/aromatic N) is 5. The Labute approximate surface area is 147 Å². The van der Waals surface area contributed by atoms with Crippen LogP contribution in [0, 0.1) is 20.2 Å². The third kappa shape index (κ3) is 3.45. The minimum atomic E-state index is -0.641. The Morgan fingerprint density at radius 1 is 1.00 bits per heavy atom. The predicted molar refractivity (Wildman–Crippen MR) is 93.4 cm³/mol. The fraction of sp³-hybridized carbons (Fsp3) is 0.267. The summed E-state index contributed by atoms with van der Waals surface area (Å²) in [6.45, 7) is 2.22. The van der Waals surface area contributed by atoms with Crippen LogP contribution in [0.15, 0.2) is 36.5 Å². The van der Waals surface area contributed by atoms with E-state index in [1.165, 1.54) is 12.1 Å². The molecule has 1 aliphatic rings. The molecule has 0 aliphatic carbocycles. The van der Waals surface area contributed by atoms with Gasteiger partial charge in [0.1, 0.15) is 11.5 Å². The van der Waals surface area contributed by atoms with Crippen molar-refractivity contribution >= 4 is 34.5 Å². The fourth-order valence-electron chi connectivity index (χ4n) is 2.81. The first kappa shape index (κ1) is 16.9. The molecule has 0 saturated carbocycles. The number of nitro benzene ring substituents is 2. The Morgan fingerprint density at radius 2 is 1.68 bits per heavy atom. The number of benzene rings is 1. The second kappa shape index (κ2) is 6.89. The Morgan fingerprint density at radius 3 is 2.28 bits per heavy atom. The van der Waals surface area contributed by atoms with Gasteiger partial charge in [-0.15, -0.1) is 0 Å². The monoisotopic (exact) mass is 363 g/mol. The van der Waals surface area contributed by atoms with E-state index in [-0.39, 0.29) is 11.4 Å². The maximum absolute atomic E-state index is 11.3. The van der Waals surface area contributed by atoms with Crippen LogP contribution in [0.4, 0.5) is 22.9 Å². The SMILES string of the molecule is O=[N+]([O-])c1ccc(N2CCN(c3ncccc3Cl)CC2)c([N+](=O)[O-])c1. The van der Waals surface area contributed by atoms with E-state index in [1.54, 1.807) is 18.3 Å². The fourth-order valence-corrected chi connectivity index (χ4v) is 3.05. The zero-order chi connectivity index (χ0) is 18.0. The summed E-state index contributed by atoms with van der Waals surface area (Å²) in [6.07, 6.45) is 1.66. The number of aromatic nitrogens is 1. The molecule has 0 unspecified atom stereocenters. The topological polar surface area (TPSA) is 106 Å². The highest BCUT2D eigenvalue weighted by Gasteiger charge is 2.27. The third-order valence-electron chi connectivity index (χ3n) is 4.03. The Kier molecular flexibility index (Phi) is 4.66. The normalized spacial score (nSPS) is 14.4. The van der Waals surface area contributed by atoms with Gasteiger partial charge in [0.2, 0.25) is 0 Å². The molecule has 0 bridgehead atoms. The van der Waals surface area contributed by atoms with Crippen molar-refractivity contribution in [1.29, 1.82) is 0 Å². The van der Waals surface area contributed by atoms with E-state index in [4.69, 9.17) is 11.6 Å². The number of rotatable bonds is 4. The van der Waals surface area contributed by atoms with Crippen molar-refractivity contribution in [2.24, 2.45) is 0 Å². The molecule has 1 aliphatic heterocycles. The van der Waals surface area contributed by atoms with Gasteiger partial charge in [-0.05, 0) is 18.2 Å². The number of hydrogen-bond acceptors (Lipinski definition) is 7. The zero-order valence-electron chi connectivity index (χ0n) is 13.0. The summed E-state index contributed by atoms with van der Waals surface area (Å²) in [5, 5.41) is 22.7. The minimum Gasteiger partial charge on any atom is -0.362 e. The quantitative estimate of drug-likeness (QED) is 0.607. The molecule has 2 heterocycles. The van der Waals surface area contributed by atoms with E-state index in [0.29, 0.717) is 42.7 Å². The van der Waals surface area contributed by atoms with E-state index in [0.717, 1.165) is 6.07 Å². The largest absolute Gasteiger partial charge is 0.362 e. The molecule has 25 heavy (non-hydrogen) atoms. The van der Waals surface area contributed by atoms with Crippen LogP contribution in [0.5, 0.6) is 0 Å². The Bertz CT molecular complexity index is 823. The van der Waals surface area contributed by atoms with Crippen LogP contribution in [0.3, 0.4) is 0 Å². The average Bonchev–Trinajstić information content (AvgIpc) is 2.61. The molecule has 9 nitrogen and oxygen atoms in total. The van der Waals surface area contributed by atoms with E-state index >= 15 is 0 Å². The molecule has 0 N–H and O–H groups in total. The molecular weight excluding hydrogens is 350 g/mol. The zero-order valence-corrected chi connectivity index (χ0v) is 13.8. The molecule has 2 aromatic rings. The van der Waals surface area contributed by atoms with Crippen molar-refractivity contribution in [3.05, 3.63) is 61.8 Å². The highest BCUT2D eigenvalue weighted by Crippen LogP contribution is 2.33. The van der Waals surface area contributed by atoms with Crippen molar-refractivity contribution in [2.75, 3.05) is 36.0 Å². The van der Waals surface area contributed by atoms with Crippen molar-refractivity contribution in [3.8, 4) is 0 Å². The molecule has 0 spiro atoms. The molecule has 1 fully saturated rings. The van der Waals surface area contributed by atoms with Crippen molar-refractivity contribution < 1.29 is 9.85 Å². The van der Waals surface area contributed by atoms with Gasteiger partial charge in [-0.2, -0.15) is 0 Å². The van der Waals surface area contributed by atoms with E-state index in [1.807, 2.05) is 9.80 Å². The third-order valence-corrected chi connectivity index (χ3v) is 4.32. The number of nitro groups is 2. The van der Waals surface area contributed by atoms with Crippen molar-refractivity contribution in [1.82, 2.24) is 4.98 Å². The van der Waals surface area contributed by atoms with Crippen LogP contribution < -0.4 is 9.80 Å². The standard InChI is InChI=1S/C15H14ClN5O4/c16-12-2-1-5-17-15(12)19-8-6-18(7-9-19)13-4-3-11(20(22)23)10-14(13)21(24)25/h1-5,10H,6-9H2. The van der Waals surface area contributed by atoms with Crippen LogP contribution in [0.25, 0.3) is 0 Å². The molecule has 3 rings (SSSR count). The van der Waals surface area contributed by atoms with Gasteiger partial charge in [0.15, 0.2) is 0 Å². The van der Waals surface area contributed by atoms with Gasteiger partial charge in [0.25, 0.3) is 11.4 Å². The summed E-state index contributed by atoms with van der Waals surface area (Å²) in [7, 11) is 0. The van der Waals surface area contributed by atoms with Crippen LogP contribution in [-0.4, -0.2) is 41.0 Å². The highest BCUT2D eigenvalue weighted by molar-refractivity contribution is 6.32. The average molecular weight is 364 g/mol. The van der Waals surface area contributed by atoms with Crippen molar-refractivity contribution in [3.63, 3.8) is 0 Å². The summed E-state index contributed by atoms with van der Waals surface area (Å²) in [5.41, 5.74) is -0.185. The lowest BCUT2D eigenvalue weighted by Gasteiger charge is -2.36. The van der Waals surface area contributed by atoms with Crippen LogP contribution >= 0.6 is 11.6 Å². The van der Waals surface area contributed by atoms with Gasteiger partial charge in [-0.25, -0.2) is 4.98 Å². The molecule has 0 amide bonds. The first-order valence-corrected chi connectivity index (χ1v) is 7.88. The van der Waals surface area contributed by atoms with Crippen molar-refractivity contribution in [2.45, 2.75) is 0 Å². The Hall–Kier alpha value is -2.94. The summed E-state index contributed by atoms with van der Waals surface area (Å²) in [5.74, 6) is 0.682. The Balaban J connectivity index is 1.80. The predicted octanol–water partition coefficient (Wildman–Crippen LogP) is 2.88. The van der Waals surface area contributed by atoms with Gasteiger partial charge in [0.05, 0.1) is 20.9 Å². The summed E-state index contributed by atoms with van der Waals surface area (Å²) >= 11 is 6.15. The lowest BCUT2D eigenvalue weighted by molar-refractivity contribution is -0.393. The van der Waals surface area contributed by atoms with Crippen LogP contribution in [-0.2, 0) is 0 Å². The second-order valence-electron chi connectivity index (χ2n) is 5.47. The summed E-state index contributed by atoms with van der Waals surface area (Å²) < 4.78 is 0. The van der Waals surface area contributed by atoms with E-state index in [2.05, 4.69) is 4.98 Å². The molecule has 0 radical (unpaired) electrons. The molecule has 1 aromatic heterocycles. The van der Waals surface area contributed by atoms with Gasteiger partial charge < -0.3 is 9.80 Å². The summed E-state index contributed by atoms with van der Waals surface area (Å²) in [4.78, 5) is 29.0. The van der Waals surface area contributed by atoms with Gasteiger partial charge >= 0.3 is 0 Å². The number of piperazine rings is 1. The lowest BCUT2D eigenvalue weighted by Crippen LogP contribution is -2.47.